The van der Waals surface area contributed by atoms with Crippen LogP contribution >= 0.6 is 11.3 Å². The number of aromatic nitrogens is 3. The monoisotopic (exact) mass is 435 g/mol. The Labute approximate surface area is 182 Å². The van der Waals surface area contributed by atoms with Crippen LogP contribution in [0.4, 0.5) is 10.8 Å². The lowest BCUT2D eigenvalue weighted by Gasteiger charge is -2.20. The van der Waals surface area contributed by atoms with Crippen LogP contribution in [0.5, 0.6) is 0 Å². The van der Waals surface area contributed by atoms with Gasteiger partial charge >= 0.3 is 0 Å². The zero-order chi connectivity index (χ0) is 22.0. The number of thiazole rings is 1. The van der Waals surface area contributed by atoms with Crippen molar-refractivity contribution in [1.29, 1.82) is 0 Å². The molecular weight excluding hydrogens is 414 g/mol. The number of carbonyl (C=O) groups excluding carboxylic acids is 1. The molecule has 0 aliphatic carbocycles. The van der Waals surface area contributed by atoms with E-state index in [1.165, 1.54) is 17.4 Å². The number of amides is 1. The molecule has 8 nitrogen and oxygen atoms in total. The van der Waals surface area contributed by atoms with Crippen molar-refractivity contribution in [3.8, 4) is 0 Å². The second-order valence-electron chi connectivity index (χ2n) is 7.29. The molecule has 0 bridgehead atoms. The molecule has 4 rings (SSSR count). The van der Waals surface area contributed by atoms with Crippen molar-refractivity contribution in [2.45, 2.75) is 26.8 Å². The minimum absolute atomic E-state index is 0.0654. The highest BCUT2D eigenvalue weighted by Gasteiger charge is 2.24. The van der Waals surface area contributed by atoms with Crippen LogP contribution in [0.1, 0.15) is 27.9 Å². The van der Waals surface area contributed by atoms with Crippen molar-refractivity contribution < 1.29 is 9.72 Å². The van der Waals surface area contributed by atoms with Gasteiger partial charge in [0.2, 0.25) is 0 Å². The topological polar surface area (TPSA) is 94.2 Å². The molecule has 0 saturated heterocycles. The predicted octanol–water partition coefficient (Wildman–Crippen LogP) is 4.75. The number of hydrogen-bond donors (Lipinski definition) is 0. The second-order valence-corrected chi connectivity index (χ2v) is 8.30. The summed E-state index contributed by atoms with van der Waals surface area (Å²) in [5, 5.41) is 11.9. The van der Waals surface area contributed by atoms with Crippen molar-refractivity contribution in [1.82, 2.24) is 14.5 Å². The summed E-state index contributed by atoms with van der Waals surface area (Å²) in [6, 6.07) is 10.5. The molecule has 0 aliphatic rings. The van der Waals surface area contributed by atoms with E-state index < -0.39 is 4.92 Å². The number of para-hydroxylation sites is 1. The molecule has 0 N–H and O–H groups in total. The first-order valence-electron chi connectivity index (χ1n) is 9.83. The second kappa shape index (κ2) is 8.65. The summed E-state index contributed by atoms with van der Waals surface area (Å²) in [5.41, 5.74) is 2.63. The maximum absolute atomic E-state index is 13.4. The maximum Gasteiger partial charge on any atom is 0.273 e. The third-order valence-electron chi connectivity index (χ3n) is 5.10. The maximum atomic E-state index is 13.4. The zero-order valence-corrected chi connectivity index (χ0v) is 18.0. The minimum Gasteiger partial charge on any atom is -0.337 e. The van der Waals surface area contributed by atoms with E-state index in [4.69, 9.17) is 4.98 Å². The third kappa shape index (κ3) is 4.31. The fourth-order valence-electron chi connectivity index (χ4n) is 3.40. The third-order valence-corrected chi connectivity index (χ3v) is 6.14. The van der Waals surface area contributed by atoms with Crippen molar-refractivity contribution in [3.05, 3.63) is 81.9 Å². The number of fused-ring (bicyclic) bond motifs is 1. The smallest absolute Gasteiger partial charge is 0.273 e. The fraction of sp³-hybridized carbons (Fsp3) is 0.227. The van der Waals surface area contributed by atoms with E-state index in [1.54, 1.807) is 36.5 Å². The Morgan fingerprint density at radius 2 is 2.06 bits per heavy atom. The Morgan fingerprint density at radius 1 is 1.23 bits per heavy atom. The Bertz CT molecular complexity index is 1250. The van der Waals surface area contributed by atoms with Crippen molar-refractivity contribution in [3.63, 3.8) is 0 Å². The molecule has 0 atom stereocenters. The molecule has 9 heteroatoms. The average molecular weight is 436 g/mol. The van der Waals surface area contributed by atoms with Crippen LogP contribution in [-0.4, -0.2) is 31.9 Å². The Morgan fingerprint density at radius 3 is 2.77 bits per heavy atom. The number of aryl methyl sites for hydroxylation is 3. The molecule has 2 heterocycles. The minimum atomic E-state index is -0.462. The number of rotatable bonds is 7. The van der Waals surface area contributed by atoms with Gasteiger partial charge < -0.3 is 4.57 Å². The van der Waals surface area contributed by atoms with E-state index in [1.807, 2.05) is 35.9 Å². The Hall–Kier alpha value is -3.59. The van der Waals surface area contributed by atoms with Crippen LogP contribution in [0.3, 0.4) is 0 Å². The number of nitro groups is 1. The highest BCUT2D eigenvalue weighted by Crippen LogP contribution is 2.32. The first-order chi connectivity index (χ1) is 14.9. The van der Waals surface area contributed by atoms with E-state index in [0.29, 0.717) is 30.2 Å². The van der Waals surface area contributed by atoms with E-state index in [9.17, 15) is 14.9 Å². The van der Waals surface area contributed by atoms with E-state index in [-0.39, 0.29) is 17.2 Å². The van der Waals surface area contributed by atoms with Gasteiger partial charge in [-0.2, -0.15) is 0 Å². The fourth-order valence-corrected chi connectivity index (χ4v) is 4.47. The van der Waals surface area contributed by atoms with Gasteiger partial charge in [-0.25, -0.2) is 9.97 Å². The molecule has 4 aromatic rings. The highest BCUT2D eigenvalue weighted by molar-refractivity contribution is 7.22. The predicted molar refractivity (Wildman–Crippen MR) is 121 cm³/mol. The average Bonchev–Trinajstić information content (AvgIpc) is 3.41. The molecule has 31 heavy (non-hydrogen) atoms. The lowest BCUT2D eigenvalue weighted by atomic mass is 10.1. The molecule has 158 valence electrons. The molecule has 2 aromatic heterocycles. The summed E-state index contributed by atoms with van der Waals surface area (Å²) < 4.78 is 2.94. The van der Waals surface area contributed by atoms with Gasteiger partial charge in [0.1, 0.15) is 0 Å². The van der Waals surface area contributed by atoms with Crippen LogP contribution in [-0.2, 0) is 6.54 Å². The molecule has 2 aromatic carbocycles. The van der Waals surface area contributed by atoms with Gasteiger partial charge in [-0.1, -0.05) is 29.5 Å². The number of imidazole rings is 1. The van der Waals surface area contributed by atoms with Crippen LogP contribution < -0.4 is 4.90 Å². The van der Waals surface area contributed by atoms with Gasteiger partial charge in [0.05, 0.1) is 21.5 Å². The van der Waals surface area contributed by atoms with Gasteiger partial charge in [0.15, 0.2) is 5.13 Å². The van der Waals surface area contributed by atoms with Crippen LogP contribution in [0, 0.1) is 24.0 Å². The zero-order valence-electron chi connectivity index (χ0n) is 17.2. The van der Waals surface area contributed by atoms with Crippen molar-refractivity contribution in [2.75, 3.05) is 11.4 Å². The van der Waals surface area contributed by atoms with E-state index in [2.05, 4.69) is 4.98 Å². The SMILES string of the molecule is Cc1ccc(C(=O)N(CCCn2ccnc2)c2nc3c(C)cccc3s2)cc1[N+](=O)[O-]. The molecule has 0 spiro atoms. The highest BCUT2D eigenvalue weighted by atomic mass is 32.1. The Kier molecular flexibility index (Phi) is 5.77. The van der Waals surface area contributed by atoms with Crippen LogP contribution in [0.25, 0.3) is 10.2 Å². The molecule has 0 aliphatic heterocycles. The van der Waals surface area contributed by atoms with E-state index in [0.717, 1.165) is 15.8 Å². The lowest BCUT2D eigenvalue weighted by molar-refractivity contribution is -0.385. The Balaban J connectivity index is 1.68. The summed E-state index contributed by atoms with van der Waals surface area (Å²) in [5.74, 6) is -0.301. The summed E-state index contributed by atoms with van der Waals surface area (Å²) in [4.78, 5) is 34.7. The lowest BCUT2D eigenvalue weighted by Crippen LogP contribution is -2.32. The van der Waals surface area contributed by atoms with Crippen molar-refractivity contribution in [2.24, 2.45) is 0 Å². The molecule has 0 unspecified atom stereocenters. The number of carbonyl (C=O) groups is 1. The normalized spacial score (nSPS) is 11.0. The largest absolute Gasteiger partial charge is 0.337 e. The summed E-state index contributed by atoms with van der Waals surface area (Å²) >= 11 is 1.45. The summed E-state index contributed by atoms with van der Waals surface area (Å²) in [6.45, 7) is 4.77. The molecular formula is C22H21N5O3S. The first-order valence-corrected chi connectivity index (χ1v) is 10.6. The molecule has 0 fully saturated rings. The van der Waals surface area contributed by atoms with Gasteiger partial charge in [-0.15, -0.1) is 0 Å². The molecule has 0 radical (unpaired) electrons. The van der Waals surface area contributed by atoms with Gasteiger partial charge in [0, 0.05) is 42.7 Å². The first kappa shape index (κ1) is 20.7. The van der Waals surface area contributed by atoms with E-state index >= 15 is 0 Å². The van der Waals surface area contributed by atoms with Gasteiger partial charge in [-0.3, -0.25) is 19.8 Å². The number of benzene rings is 2. The number of hydrogen-bond acceptors (Lipinski definition) is 6. The quantitative estimate of drug-likeness (QED) is 0.308. The van der Waals surface area contributed by atoms with Crippen LogP contribution in [0.15, 0.2) is 55.1 Å². The van der Waals surface area contributed by atoms with Gasteiger partial charge in [0.25, 0.3) is 11.6 Å². The standard InChI is InChI=1S/C22H21N5O3S/c1-15-7-8-17(13-18(15)27(29)30)21(28)26(11-4-10-25-12-9-23-14-25)22-24-20-16(2)5-3-6-19(20)31-22/h3,5-9,12-14H,4,10-11H2,1-2H3. The molecule has 0 saturated carbocycles. The van der Waals surface area contributed by atoms with Crippen LogP contribution in [0.2, 0.25) is 0 Å². The summed E-state index contributed by atoms with van der Waals surface area (Å²) in [7, 11) is 0. The van der Waals surface area contributed by atoms with Crippen molar-refractivity contribution >= 4 is 38.3 Å². The van der Waals surface area contributed by atoms with Gasteiger partial charge in [-0.05, 0) is 38.0 Å². The number of nitrogens with zero attached hydrogens (tertiary/aromatic N) is 5. The summed E-state index contributed by atoms with van der Waals surface area (Å²) in [6.07, 6.45) is 6.00. The number of nitro benzene ring substituents is 1. The molecule has 1 amide bonds. The number of anilines is 1.